The first-order chi connectivity index (χ1) is 7.25. The van der Waals surface area contributed by atoms with Gasteiger partial charge in [0.25, 0.3) is 11.8 Å². The second-order valence-electron chi connectivity index (χ2n) is 3.51. The van der Waals surface area contributed by atoms with Gasteiger partial charge in [-0.05, 0) is 18.6 Å². The van der Waals surface area contributed by atoms with Gasteiger partial charge in [-0.1, -0.05) is 25.5 Å². The fraction of sp³-hybridized carbons (Fsp3) is 0.250. The van der Waals surface area contributed by atoms with Crippen molar-refractivity contribution in [1.29, 1.82) is 0 Å². The molecule has 0 bridgehead atoms. The third kappa shape index (κ3) is 1.54. The van der Waals surface area contributed by atoms with Crippen LogP contribution in [-0.4, -0.2) is 23.3 Å². The van der Waals surface area contributed by atoms with Crippen molar-refractivity contribution < 1.29 is 9.59 Å². The van der Waals surface area contributed by atoms with Crippen LogP contribution in [0.25, 0.3) is 0 Å². The van der Waals surface area contributed by atoms with E-state index in [1.165, 1.54) is 4.90 Å². The average molecular weight is 202 g/mol. The van der Waals surface area contributed by atoms with Crippen LogP contribution in [0, 0.1) is 6.92 Å². The van der Waals surface area contributed by atoms with Crippen LogP contribution >= 0.6 is 0 Å². The molecule has 1 aromatic rings. The summed E-state index contributed by atoms with van der Waals surface area (Å²) in [6.45, 7) is 4.16. The summed E-state index contributed by atoms with van der Waals surface area (Å²) >= 11 is 0. The number of hydrogen-bond acceptors (Lipinski definition) is 2. The molecule has 3 nitrogen and oxygen atoms in total. The highest BCUT2D eigenvalue weighted by molar-refractivity contribution is 6.21. The Kier molecular flexibility index (Phi) is 2.54. The summed E-state index contributed by atoms with van der Waals surface area (Å²) in [5.74, 6) is -0.354. The first kappa shape index (κ1) is 9.90. The maximum Gasteiger partial charge on any atom is 0.261 e. The van der Waals surface area contributed by atoms with E-state index in [1.54, 1.807) is 24.3 Å². The van der Waals surface area contributed by atoms with E-state index in [0.29, 0.717) is 17.7 Å². The Labute approximate surface area is 88.7 Å². The van der Waals surface area contributed by atoms with E-state index in [9.17, 15) is 9.59 Å². The molecule has 0 fully saturated rings. The summed E-state index contributed by atoms with van der Waals surface area (Å²) in [7, 11) is 0. The molecule has 15 heavy (non-hydrogen) atoms. The number of hydrogen-bond donors (Lipinski definition) is 0. The summed E-state index contributed by atoms with van der Waals surface area (Å²) < 4.78 is 0. The fourth-order valence-electron chi connectivity index (χ4n) is 1.71. The first-order valence-electron chi connectivity index (χ1n) is 5.00. The Morgan fingerprint density at radius 1 is 1.07 bits per heavy atom. The van der Waals surface area contributed by atoms with Crippen molar-refractivity contribution in [3.63, 3.8) is 0 Å². The third-order valence-corrected chi connectivity index (χ3v) is 2.51. The Bertz CT molecular complexity index is 377. The van der Waals surface area contributed by atoms with Gasteiger partial charge in [0.05, 0.1) is 11.1 Å². The normalized spacial score (nSPS) is 14.6. The third-order valence-electron chi connectivity index (χ3n) is 2.51. The predicted octanol–water partition coefficient (Wildman–Crippen LogP) is 1.90. The van der Waals surface area contributed by atoms with Gasteiger partial charge in [0.2, 0.25) is 0 Å². The molecule has 77 valence electrons. The molecule has 0 saturated carbocycles. The van der Waals surface area contributed by atoms with E-state index in [2.05, 4.69) is 6.92 Å². The van der Waals surface area contributed by atoms with Gasteiger partial charge in [-0.25, -0.2) is 0 Å². The van der Waals surface area contributed by atoms with Gasteiger partial charge in [-0.3, -0.25) is 14.5 Å². The predicted molar refractivity (Wildman–Crippen MR) is 56.4 cm³/mol. The zero-order chi connectivity index (χ0) is 10.8. The van der Waals surface area contributed by atoms with Crippen molar-refractivity contribution in [2.45, 2.75) is 12.8 Å². The minimum Gasteiger partial charge on any atom is -0.274 e. The van der Waals surface area contributed by atoms with E-state index in [1.807, 2.05) is 0 Å². The number of rotatable bonds is 3. The van der Waals surface area contributed by atoms with Gasteiger partial charge in [-0.15, -0.1) is 0 Å². The van der Waals surface area contributed by atoms with Gasteiger partial charge >= 0.3 is 0 Å². The minimum absolute atomic E-state index is 0.177. The maximum absolute atomic E-state index is 11.8. The standard InChI is InChI=1S/C12H12NO2/c1-2-3-8-13-11(14)9-6-4-5-7-10(9)12(13)15/h4-7H,1-3,8H2. The van der Waals surface area contributed by atoms with Crippen molar-refractivity contribution in [3.05, 3.63) is 42.3 Å². The highest BCUT2D eigenvalue weighted by atomic mass is 16.2. The average Bonchev–Trinajstić information content (AvgIpc) is 2.51. The molecule has 0 N–H and O–H groups in total. The largest absolute Gasteiger partial charge is 0.274 e. The number of benzene rings is 1. The molecule has 3 heteroatoms. The molecule has 1 radical (unpaired) electrons. The lowest BCUT2D eigenvalue weighted by atomic mass is 10.1. The van der Waals surface area contributed by atoms with Crippen molar-refractivity contribution >= 4 is 11.8 Å². The van der Waals surface area contributed by atoms with Crippen LogP contribution in [0.1, 0.15) is 33.6 Å². The van der Waals surface area contributed by atoms with Crippen molar-refractivity contribution in [3.8, 4) is 0 Å². The van der Waals surface area contributed by atoms with E-state index < -0.39 is 0 Å². The molecular weight excluding hydrogens is 190 g/mol. The number of unbranched alkanes of at least 4 members (excludes halogenated alkanes) is 1. The van der Waals surface area contributed by atoms with Crippen LogP contribution in [0.15, 0.2) is 24.3 Å². The second kappa shape index (κ2) is 3.85. The quantitative estimate of drug-likeness (QED) is 0.702. The van der Waals surface area contributed by atoms with Crippen LogP contribution in [-0.2, 0) is 0 Å². The molecule has 0 aliphatic carbocycles. The lowest BCUT2D eigenvalue weighted by Gasteiger charge is -2.12. The molecule has 1 heterocycles. The van der Waals surface area contributed by atoms with Crippen LogP contribution in [0.2, 0.25) is 0 Å². The maximum atomic E-state index is 11.8. The molecule has 0 aromatic heterocycles. The fourth-order valence-corrected chi connectivity index (χ4v) is 1.71. The number of nitrogens with zero attached hydrogens (tertiary/aromatic N) is 1. The van der Waals surface area contributed by atoms with E-state index in [-0.39, 0.29) is 11.8 Å². The van der Waals surface area contributed by atoms with Gasteiger partial charge in [-0.2, -0.15) is 0 Å². The minimum atomic E-state index is -0.177. The molecule has 2 rings (SSSR count). The van der Waals surface area contributed by atoms with E-state index in [4.69, 9.17) is 0 Å². The van der Waals surface area contributed by atoms with Crippen molar-refractivity contribution in [1.82, 2.24) is 4.90 Å². The SMILES string of the molecule is [CH2]CCCN1C(=O)c2ccccc2C1=O. The Morgan fingerprint density at radius 2 is 1.60 bits per heavy atom. The summed E-state index contributed by atoms with van der Waals surface area (Å²) in [6.07, 6.45) is 1.48. The summed E-state index contributed by atoms with van der Waals surface area (Å²) in [4.78, 5) is 24.9. The second-order valence-corrected chi connectivity index (χ2v) is 3.51. The monoisotopic (exact) mass is 202 g/mol. The summed E-state index contributed by atoms with van der Waals surface area (Å²) in [6, 6.07) is 6.93. The molecular formula is C12H12NO2. The number of amides is 2. The van der Waals surface area contributed by atoms with Crippen LogP contribution in [0.3, 0.4) is 0 Å². The van der Waals surface area contributed by atoms with Crippen LogP contribution < -0.4 is 0 Å². The number of carbonyl (C=O) groups excluding carboxylic acids is 2. The zero-order valence-electron chi connectivity index (χ0n) is 8.40. The van der Waals surface area contributed by atoms with E-state index in [0.717, 1.165) is 12.8 Å². The van der Waals surface area contributed by atoms with Crippen molar-refractivity contribution in [2.24, 2.45) is 0 Å². The molecule has 0 saturated heterocycles. The highest BCUT2D eigenvalue weighted by Gasteiger charge is 2.34. The smallest absolute Gasteiger partial charge is 0.261 e. The van der Waals surface area contributed by atoms with E-state index >= 15 is 0 Å². The molecule has 2 amide bonds. The van der Waals surface area contributed by atoms with Gasteiger partial charge in [0.15, 0.2) is 0 Å². The zero-order valence-corrected chi connectivity index (χ0v) is 8.40. The molecule has 1 aromatic carbocycles. The topological polar surface area (TPSA) is 37.4 Å². The number of imide groups is 1. The van der Waals surface area contributed by atoms with Gasteiger partial charge < -0.3 is 0 Å². The molecule has 1 aliphatic rings. The van der Waals surface area contributed by atoms with Crippen LogP contribution in [0.4, 0.5) is 0 Å². The first-order valence-corrected chi connectivity index (χ1v) is 5.00. The number of fused-ring (bicyclic) bond motifs is 1. The molecule has 0 spiro atoms. The summed E-state index contributed by atoms with van der Waals surface area (Å²) in [5.41, 5.74) is 1.04. The summed E-state index contributed by atoms with van der Waals surface area (Å²) in [5, 5.41) is 0. The lowest BCUT2D eigenvalue weighted by Crippen LogP contribution is -2.30. The lowest BCUT2D eigenvalue weighted by molar-refractivity contribution is 0.0653. The van der Waals surface area contributed by atoms with Gasteiger partial charge in [0.1, 0.15) is 0 Å². The molecule has 1 aliphatic heterocycles. The highest BCUT2D eigenvalue weighted by Crippen LogP contribution is 2.22. The van der Waals surface area contributed by atoms with Crippen molar-refractivity contribution in [2.75, 3.05) is 6.54 Å². The molecule has 0 unspecified atom stereocenters. The Balaban J connectivity index is 2.29. The Morgan fingerprint density at radius 3 is 2.07 bits per heavy atom. The number of carbonyl (C=O) groups is 2. The Hall–Kier alpha value is -1.64. The van der Waals surface area contributed by atoms with Crippen LogP contribution in [0.5, 0.6) is 0 Å². The molecule has 0 atom stereocenters. The van der Waals surface area contributed by atoms with Gasteiger partial charge in [0, 0.05) is 6.54 Å².